The Bertz CT molecular complexity index is 460. The van der Waals surface area contributed by atoms with Crippen molar-refractivity contribution in [1.82, 2.24) is 4.90 Å². The van der Waals surface area contributed by atoms with Crippen molar-refractivity contribution in [3.05, 3.63) is 20.8 Å². The van der Waals surface area contributed by atoms with Crippen LogP contribution in [0.1, 0.15) is 40.9 Å². The van der Waals surface area contributed by atoms with Gasteiger partial charge in [0.2, 0.25) is 0 Å². The first-order valence-electron chi connectivity index (χ1n) is 6.77. The molecule has 1 aliphatic carbocycles. The summed E-state index contributed by atoms with van der Waals surface area (Å²) < 4.78 is 0. The fourth-order valence-corrected chi connectivity index (χ4v) is 4.11. The van der Waals surface area contributed by atoms with Crippen LogP contribution >= 0.6 is 22.9 Å². The largest absolute Gasteiger partial charge is 0.338 e. The van der Waals surface area contributed by atoms with E-state index in [4.69, 9.17) is 17.3 Å². The van der Waals surface area contributed by atoms with Gasteiger partial charge >= 0.3 is 0 Å². The number of nitrogens with zero attached hydrogens (tertiary/aromatic N) is 1. The van der Waals surface area contributed by atoms with Crippen LogP contribution in [0.4, 0.5) is 0 Å². The third-order valence-electron chi connectivity index (χ3n) is 4.08. The molecule has 2 N–H and O–H groups in total. The van der Waals surface area contributed by atoms with Crippen molar-refractivity contribution in [2.45, 2.75) is 38.6 Å². The van der Waals surface area contributed by atoms with Crippen LogP contribution in [-0.4, -0.2) is 30.4 Å². The molecule has 1 aromatic rings. The monoisotopic (exact) mass is 300 g/mol. The number of hydrogen-bond donors (Lipinski definition) is 1. The van der Waals surface area contributed by atoms with Gasteiger partial charge < -0.3 is 10.6 Å². The van der Waals surface area contributed by atoms with Gasteiger partial charge in [-0.1, -0.05) is 24.4 Å². The van der Waals surface area contributed by atoms with Gasteiger partial charge in [-0.3, -0.25) is 4.79 Å². The molecule has 2 unspecified atom stereocenters. The van der Waals surface area contributed by atoms with Gasteiger partial charge in [-0.05, 0) is 43.2 Å². The fraction of sp³-hybridized carbons (Fsp3) is 0.643. The Morgan fingerprint density at radius 3 is 2.79 bits per heavy atom. The molecule has 1 aromatic heterocycles. The summed E-state index contributed by atoms with van der Waals surface area (Å²) in [5, 5.41) is 2.53. The number of carbonyl (C=O) groups is 1. The first kappa shape index (κ1) is 14.8. The molecular formula is C14H21ClN2OS. The van der Waals surface area contributed by atoms with Crippen molar-refractivity contribution in [3.63, 3.8) is 0 Å². The number of halogens is 1. The van der Waals surface area contributed by atoms with Crippen LogP contribution in [-0.2, 0) is 0 Å². The molecule has 0 radical (unpaired) electrons. The second-order valence-corrected chi connectivity index (χ2v) is 6.58. The second-order valence-electron chi connectivity index (χ2n) is 5.33. The molecule has 1 aliphatic rings. The number of rotatable bonds is 3. The Balaban J connectivity index is 2.16. The highest BCUT2D eigenvalue weighted by Gasteiger charge is 2.31. The van der Waals surface area contributed by atoms with Crippen LogP contribution in [0.25, 0.3) is 0 Å². The van der Waals surface area contributed by atoms with Gasteiger partial charge in [0.1, 0.15) is 4.88 Å². The molecule has 0 saturated heterocycles. The normalized spacial score (nSPS) is 23.4. The summed E-state index contributed by atoms with van der Waals surface area (Å²) in [7, 11) is 1.88. The van der Waals surface area contributed by atoms with Crippen LogP contribution < -0.4 is 5.73 Å². The minimum Gasteiger partial charge on any atom is -0.338 e. The summed E-state index contributed by atoms with van der Waals surface area (Å²) in [6, 6.07) is 0.254. The van der Waals surface area contributed by atoms with Gasteiger partial charge in [0.05, 0.1) is 5.02 Å². The van der Waals surface area contributed by atoms with E-state index in [0.717, 1.165) is 18.4 Å². The summed E-state index contributed by atoms with van der Waals surface area (Å²) in [6.45, 7) is 2.58. The second kappa shape index (κ2) is 6.25. The molecule has 0 aromatic carbocycles. The van der Waals surface area contributed by atoms with Crippen LogP contribution in [0.2, 0.25) is 5.02 Å². The van der Waals surface area contributed by atoms with Crippen molar-refractivity contribution in [1.29, 1.82) is 0 Å². The van der Waals surface area contributed by atoms with Crippen molar-refractivity contribution < 1.29 is 4.79 Å². The minimum absolute atomic E-state index is 0.0356. The van der Waals surface area contributed by atoms with Gasteiger partial charge in [0.25, 0.3) is 5.91 Å². The average Bonchev–Trinajstić information content (AvgIpc) is 2.77. The summed E-state index contributed by atoms with van der Waals surface area (Å²) in [5.41, 5.74) is 6.82. The molecule has 1 amide bonds. The molecule has 0 spiro atoms. The van der Waals surface area contributed by atoms with Crippen molar-refractivity contribution >= 4 is 28.8 Å². The minimum atomic E-state index is 0.0356. The van der Waals surface area contributed by atoms with Crippen LogP contribution in [0.5, 0.6) is 0 Å². The van der Waals surface area contributed by atoms with E-state index in [0.29, 0.717) is 22.4 Å². The molecular weight excluding hydrogens is 280 g/mol. The Labute approximate surface area is 123 Å². The lowest BCUT2D eigenvalue weighted by atomic mass is 9.83. The van der Waals surface area contributed by atoms with E-state index < -0.39 is 0 Å². The summed E-state index contributed by atoms with van der Waals surface area (Å²) >= 11 is 7.63. The molecule has 5 heteroatoms. The molecule has 19 heavy (non-hydrogen) atoms. The van der Waals surface area contributed by atoms with E-state index in [1.165, 1.54) is 24.2 Å². The van der Waals surface area contributed by atoms with Gasteiger partial charge in [-0.25, -0.2) is 0 Å². The van der Waals surface area contributed by atoms with Gasteiger partial charge in [-0.2, -0.15) is 0 Å². The number of hydrogen-bond acceptors (Lipinski definition) is 3. The number of amides is 1. The van der Waals surface area contributed by atoms with Crippen molar-refractivity contribution in [2.24, 2.45) is 11.7 Å². The first-order chi connectivity index (χ1) is 9.06. The summed E-state index contributed by atoms with van der Waals surface area (Å²) in [6.07, 6.45) is 4.57. The quantitative estimate of drug-likeness (QED) is 0.931. The Kier molecular flexibility index (Phi) is 4.87. The molecule has 0 bridgehead atoms. The van der Waals surface area contributed by atoms with Crippen LogP contribution in [0, 0.1) is 12.8 Å². The highest BCUT2D eigenvalue weighted by atomic mass is 35.5. The van der Waals surface area contributed by atoms with Gasteiger partial charge in [0, 0.05) is 13.1 Å². The Hall–Kier alpha value is -0.580. The molecule has 1 saturated carbocycles. The van der Waals surface area contributed by atoms with Gasteiger partial charge in [0.15, 0.2) is 0 Å². The molecule has 1 heterocycles. The van der Waals surface area contributed by atoms with E-state index in [-0.39, 0.29) is 11.9 Å². The Morgan fingerprint density at radius 2 is 2.21 bits per heavy atom. The standard InChI is InChI=1S/C14H21ClN2OS/c1-9-8-19-13(12(9)15)14(18)17(2)11-6-4-3-5-10(11)7-16/h8,10-11H,3-7,16H2,1-2H3. The number of nitrogens with two attached hydrogens (primary N) is 1. The lowest BCUT2D eigenvalue weighted by Crippen LogP contribution is -2.45. The first-order valence-corrected chi connectivity index (χ1v) is 8.02. The number of aryl methyl sites for hydroxylation is 1. The highest BCUT2D eigenvalue weighted by Crippen LogP contribution is 2.32. The number of carbonyl (C=O) groups excluding carboxylic acids is 1. The smallest absolute Gasteiger partial charge is 0.265 e. The van der Waals surface area contributed by atoms with Crippen molar-refractivity contribution in [3.8, 4) is 0 Å². The Morgan fingerprint density at radius 1 is 1.53 bits per heavy atom. The molecule has 1 fully saturated rings. The maximum atomic E-state index is 12.6. The average molecular weight is 301 g/mol. The third kappa shape index (κ3) is 2.96. The highest BCUT2D eigenvalue weighted by molar-refractivity contribution is 7.13. The van der Waals surface area contributed by atoms with Crippen LogP contribution in [0.15, 0.2) is 5.38 Å². The fourth-order valence-electron chi connectivity index (χ4n) is 2.86. The van der Waals surface area contributed by atoms with Gasteiger partial charge in [-0.15, -0.1) is 11.3 Å². The number of thiophene rings is 1. The zero-order chi connectivity index (χ0) is 14.0. The maximum Gasteiger partial charge on any atom is 0.265 e. The zero-order valence-electron chi connectivity index (χ0n) is 11.5. The molecule has 3 nitrogen and oxygen atoms in total. The molecule has 106 valence electrons. The SMILES string of the molecule is Cc1csc(C(=O)N(C)C2CCCCC2CN)c1Cl. The van der Waals surface area contributed by atoms with E-state index >= 15 is 0 Å². The molecule has 2 rings (SSSR count). The molecule has 0 aliphatic heterocycles. The predicted octanol–water partition coefficient (Wildman–Crippen LogP) is 3.30. The lowest BCUT2D eigenvalue weighted by molar-refractivity contribution is 0.0625. The third-order valence-corrected chi connectivity index (χ3v) is 5.77. The van der Waals surface area contributed by atoms with Crippen molar-refractivity contribution in [2.75, 3.05) is 13.6 Å². The van der Waals surface area contributed by atoms with E-state index in [2.05, 4.69) is 0 Å². The van der Waals surface area contributed by atoms with Crippen LogP contribution in [0.3, 0.4) is 0 Å². The van der Waals surface area contributed by atoms with E-state index in [1.54, 1.807) is 0 Å². The zero-order valence-corrected chi connectivity index (χ0v) is 13.1. The van der Waals surface area contributed by atoms with E-state index in [9.17, 15) is 4.79 Å². The van der Waals surface area contributed by atoms with E-state index in [1.807, 2.05) is 24.3 Å². The summed E-state index contributed by atoms with van der Waals surface area (Å²) in [4.78, 5) is 15.1. The summed E-state index contributed by atoms with van der Waals surface area (Å²) in [5.74, 6) is 0.455. The predicted molar refractivity (Wildman–Crippen MR) is 81.0 cm³/mol. The maximum absolute atomic E-state index is 12.6. The molecule has 2 atom stereocenters. The lowest BCUT2D eigenvalue weighted by Gasteiger charge is -2.37. The topological polar surface area (TPSA) is 46.3 Å².